The highest BCUT2D eigenvalue weighted by molar-refractivity contribution is 5.65. The summed E-state index contributed by atoms with van der Waals surface area (Å²) in [6, 6.07) is 0. The van der Waals surface area contributed by atoms with Gasteiger partial charge in [0.2, 0.25) is 5.52 Å². The maximum atomic E-state index is 11.8. The highest BCUT2D eigenvalue weighted by Crippen LogP contribution is 2.25. The summed E-state index contributed by atoms with van der Waals surface area (Å²) >= 11 is 0. The Balaban J connectivity index is 2.14. The third-order valence-electron chi connectivity index (χ3n) is 3.50. The van der Waals surface area contributed by atoms with Gasteiger partial charge in [-0.2, -0.15) is 0 Å². The van der Waals surface area contributed by atoms with Crippen molar-refractivity contribution in [1.29, 1.82) is 0 Å². The zero-order chi connectivity index (χ0) is 14.4. The molecule has 0 saturated carbocycles. The van der Waals surface area contributed by atoms with Gasteiger partial charge in [0.25, 0.3) is 11.2 Å². The molecule has 9 heteroatoms. The SMILES string of the molecule is Cn1c[n+]([C@H]2C[C@H](O)[C@@H](CO)O2)c2[nH]c(=O)[nH]c(=O)c21. The van der Waals surface area contributed by atoms with Gasteiger partial charge in [-0.1, -0.05) is 0 Å². The zero-order valence-electron chi connectivity index (χ0n) is 10.7. The Labute approximate surface area is 112 Å². The van der Waals surface area contributed by atoms with Crippen molar-refractivity contribution in [2.45, 2.75) is 24.9 Å². The number of aromatic nitrogens is 4. The van der Waals surface area contributed by atoms with E-state index in [1.54, 1.807) is 22.5 Å². The molecule has 0 aromatic carbocycles. The van der Waals surface area contributed by atoms with Gasteiger partial charge in [0.15, 0.2) is 12.6 Å². The molecule has 1 aliphatic heterocycles. The molecule has 0 spiro atoms. The van der Waals surface area contributed by atoms with E-state index in [2.05, 4.69) is 9.97 Å². The van der Waals surface area contributed by atoms with Gasteiger partial charge in [-0.25, -0.2) is 14.3 Å². The Morgan fingerprint density at radius 2 is 2.25 bits per heavy atom. The van der Waals surface area contributed by atoms with E-state index in [0.29, 0.717) is 11.2 Å². The highest BCUT2D eigenvalue weighted by Gasteiger charge is 2.38. The van der Waals surface area contributed by atoms with Gasteiger partial charge in [-0.15, -0.1) is 0 Å². The molecule has 1 aliphatic rings. The number of rotatable bonds is 2. The van der Waals surface area contributed by atoms with Gasteiger partial charge >= 0.3 is 5.69 Å². The van der Waals surface area contributed by atoms with Crippen molar-refractivity contribution in [3.05, 3.63) is 27.2 Å². The summed E-state index contributed by atoms with van der Waals surface area (Å²) in [6.45, 7) is -0.292. The summed E-state index contributed by atoms with van der Waals surface area (Å²) in [5.41, 5.74) is -0.492. The number of hydrogen-bond donors (Lipinski definition) is 4. The second-order valence-electron chi connectivity index (χ2n) is 4.85. The lowest BCUT2D eigenvalue weighted by Crippen LogP contribution is -2.40. The van der Waals surface area contributed by atoms with Gasteiger partial charge in [-0.3, -0.25) is 14.3 Å². The van der Waals surface area contributed by atoms with Gasteiger partial charge < -0.3 is 14.9 Å². The molecule has 0 bridgehead atoms. The standard InChI is InChI=1S/C11H14N4O5/c1-14-4-15(7-2-5(17)6(3-16)20-7)9-8(14)10(18)13-11(19)12-9/h4-7,16-17H,2-3H2,1H3,(H-,12,13,18,19)/p+1/t5-,6+,7+/m0/s1. The average molecular weight is 283 g/mol. The largest absolute Gasteiger partial charge is 0.394 e. The second-order valence-corrected chi connectivity index (χ2v) is 4.85. The van der Waals surface area contributed by atoms with Crippen molar-refractivity contribution in [3.63, 3.8) is 0 Å². The summed E-state index contributed by atoms with van der Waals surface area (Å²) in [5, 5.41) is 18.9. The van der Waals surface area contributed by atoms with Crippen LogP contribution in [0.25, 0.3) is 11.2 Å². The molecule has 20 heavy (non-hydrogen) atoms. The smallest absolute Gasteiger partial charge is 0.384 e. The molecule has 0 amide bonds. The van der Waals surface area contributed by atoms with Crippen molar-refractivity contribution >= 4 is 11.2 Å². The summed E-state index contributed by atoms with van der Waals surface area (Å²) in [7, 11) is 1.67. The number of aliphatic hydroxyl groups is 2. The number of ether oxygens (including phenoxy) is 1. The van der Waals surface area contributed by atoms with Crippen LogP contribution >= 0.6 is 0 Å². The van der Waals surface area contributed by atoms with Crippen LogP contribution in [0.2, 0.25) is 0 Å². The number of nitrogens with one attached hydrogen (secondary N) is 2. The molecule has 1 saturated heterocycles. The topological polar surface area (TPSA) is 124 Å². The van der Waals surface area contributed by atoms with Gasteiger partial charge in [0.1, 0.15) is 6.10 Å². The van der Waals surface area contributed by atoms with Crippen molar-refractivity contribution in [3.8, 4) is 0 Å². The number of H-pyrrole nitrogens is 2. The fourth-order valence-corrected chi connectivity index (χ4v) is 2.55. The first-order valence-electron chi connectivity index (χ1n) is 6.18. The van der Waals surface area contributed by atoms with E-state index >= 15 is 0 Å². The predicted octanol–water partition coefficient (Wildman–Crippen LogP) is -2.52. The lowest BCUT2D eigenvalue weighted by molar-refractivity contribution is -0.739. The van der Waals surface area contributed by atoms with Crippen LogP contribution in [0.3, 0.4) is 0 Å². The summed E-state index contributed by atoms with van der Waals surface area (Å²) in [6.07, 6.45) is -0.141. The summed E-state index contributed by atoms with van der Waals surface area (Å²) < 4.78 is 8.66. The molecule has 0 radical (unpaired) electrons. The molecule has 1 fully saturated rings. The Bertz CT molecular complexity index is 760. The molecule has 0 unspecified atom stereocenters. The molecule has 108 valence electrons. The monoisotopic (exact) mass is 283 g/mol. The Morgan fingerprint density at radius 1 is 1.50 bits per heavy atom. The zero-order valence-corrected chi connectivity index (χ0v) is 10.7. The fraction of sp³-hybridized carbons (Fsp3) is 0.545. The van der Waals surface area contributed by atoms with E-state index in [1.165, 1.54) is 0 Å². The number of imidazole rings is 1. The average Bonchev–Trinajstić information content (AvgIpc) is 2.90. The first-order valence-corrected chi connectivity index (χ1v) is 6.18. The van der Waals surface area contributed by atoms with E-state index in [0.717, 1.165) is 0 Å². The maximum absolute atomic E-state index is 11.8. The van der Waals surface area contributed by atoms with E-state index in [4.69, 9.17) is 9.84 Å². The second kappa shape index (κ2) is 4.54. The fourth-order valence-electron chi connectivity index (χ4n) is 2.55. The molecule has 4 N–H and O–H groups in total. The molecule has 3 heterocycles. The number of fused-ring (bicyclic) bond motifs is 1. The number of hydrogen-bond acceptors (Lipinski definition) is 5. The summed E-state index contributed by atoms with van der Waals surface area (Å²) in [5.74, 6) is 0. The molecule has 2 aromatic heterocycles. The number of nitrogens with zero attached hydrogens (tertiary/aromatic N) is 2. The minimum absolute atomic E-state index is 0.268. The third-order valence-corrected chi connectivity index (χ3v) is 3.50. The molecular formula is C11H15N4O5+. The normalized spacial score (nSPS) is 26.4. The quantitative estimate of drug-likeness (QED) is 0.453. The van der Waals surface area contributed by atoms with Crippen LogP contribution in [0.5, 0.6) is 0 Å². The maximum Gasteiger partial charge on any atom is 0.384 e. The lowest BCUT2D eigenvalue weighted by atomic mass is 10.2. The van der Waals surface area contributed by atoms with Gasteiger partial charge in [-0.05, 0) is 0 Å². The van der Waals surface area contributed by atoms with Crippen LogP contribution in [0, 0.1) is 0 Å². The molecule has 3 atom stereocenters. The van der Waals surface area contributed by atoms with Crippen LogP contribution in [0.1, 0.15) is 12.6 Å². The van der Waals surface area contributed by atoms with Crippen LogP contribution in [0.4, 0.5) is 0 Å². The van der Waals surface area contributed by atoms with Crippen molar-refractivity contribution < 1.29 is 19.5 Å². The van der Waals surface area contributed by atoms with Crippen molar-refractivity contribution in [1.82, 2.24) is 14.5 Å². The summed E-state index contributed by atoms with van der Waals surface area (Å²) in [4.78, 5) is 27.9. The van der Waals surface area contributed by atoms with E-state index in [1.807, 2.05) is 0 Å². The number of aromatic amines is 2. The highest BCUT2D eigenvalue weighted by atomic mass is 16.5. The molecule has 2 aromatic rings. The first kappa shape index (κ1) is 13.0. The van der Waals surface area contributed by atoms with Crippen LogP contribution in [-0.4, -0.2) is 43.6 Å². The Morgan fingerprint density at radius 3 is 2.90 bits per heavy atom. The molecule has 0 aliphatic carbocycles. The lowest BCUT2D eigenvalue weighted by Gasteiger charge is -2.10. The Hall–Kier alpha value is -1.97. The van der Waals surface area contributed by atoms with Crippen molar-refractivity contribution in [2.75, 3.05) is 6.61 Å². The van der Waals surface area contributed by atoms with Gasteiger partial charge in [0.05, 0.1) is 19.8 Å². The van der Waals surface area contributed by atoms with Gasteiger partial charge in [0, 0.05) is 6.42 Å². The molecule has 3 rings (SSSR count). The molecule has 9 nitrogen and oxygen atoms in total. The Kier molecular flexibility index (Phi) is 2.96. The van der Waals surface area contributed by atoms with Crippen LogP contribution < -0.4 is 15.8 Å². The van der Waals surface area contributed by atoms with E-state index in [9.17, 15) is 14.7 Å². The minimum Gasteiger partial charge on any atom is -0.394 e. The predicted molar refractivity (Wildman–Crippen MR) is 66.0 cm³/mol. The van der Waals surface area contributed by atoms with E-state index in [-0.39, 0.29) is 13.0 Å². The minimum atomic E-state index is -0.790. The number of aliphatic hydroxyl groups excluding tert-OH is 2. The van der Waals surface area contributed by atoms with E-state index < -0.39 is 29.7 Å². The van der Waals surface area contributed by atoms with Crippen molar-refractivity contribution in [2.24, 2.45) is 7.05 Å². The first-order chi connectivity index (χ1) is 9.51. The third kappa shape index (κ3) is 1.87. The van der Waals surface area contributed by atoms with Crippen LogP contribution in [-0.2, 0) is 11.8 Å². The number of aryl methyl sites for hydroxylation is 1. The molecular weight excluding hydrogens is 268 g/mol. The van der Waals surface area contributed by atoms with Crippen LogP contribution in [0.15, 0.2) is 15.9 Å².